The molecule has 0 aliphatic carbocycles. The number of benzene rings is 1. The first kappa shape index (κ1) is 23.7. The Kier molecular flexibility index (Phi) is 6.96. The minimum atomic E-state index is -0.640. The molecule has 1 aromatic carbocycles. The molecule has 3 rings (SSSR count). The number of rotatable bonds is 4. The first-order chi connectivity index (χ1) is 15.6. The molecule has 0 fully saturated rings. The Hall–Kier alpha value is -3.94. The number of carbonyl (C=O) groups is 3. The van der Waals surface area contributed by atoms with Crippen molar-refractivity contribution in [2.24, 2.45) is 0 Å². The molecule has 3 aromatic rings. The number of nitrogens with zero attached hydrogens (tertiary/aromatic N) is 3. The van der Waals surface area contributed by atoms with Gasteiger partial charge in [-0.2, -0.15) is 0 Å². The van der Waals surface area contributed by atoms with Gasteiger partial charge in [0.1, 0.15) is 5.60 Å². The molecule has 0 bridgehead atoms. The van der Waals surface area contributed by atoms with Gasteiger partial charge in [0, 0.05) is 41.7 Å². The highest BCUT2D eigenvalue weighted by atomic mass is 16.6. The number of amides is 2. The van der Waals surface area contributed by atoms with Crippen LogP contribution in [-0.4, -0.2) is 44.1 Å². The zero-order valence-electron chi connectivity index (χ0n) is 19.4. The standard InChI is InChI=1S/C25H28N4O4/c1-17(2)29(27-23(31)18-9-8-14-26-15-18)22(30)13-12-19-16-28(24(32)33-25(3,4)5)21-11-7-6-10-20(19)21/h6-17H,1-5H3,(H,27,31). The number of carbonyl (C=O) groups excluding carboxylic acids is 3. The SMILES string of the molecule is CC(C)N(NC(=O)c1cccnc1)C(=O)C=Cc1cn(C(=O)OC(C)(C)C)c2ccccc12. The van der Waals surface area contributed by atoms with E-state index >= 15 is 0 Å². The van der Waals surface area contributed by atoms with E-state index in [0.717, 1.165) is 5.39 Å². The van der Waals surface area contributed by atoms with Crippen LogP contribution in [0.25, 0.3) is 17.0 Å². The second-order valence-electron chi connectivity index (χ2n) is 8.77. The van der Waals surface area contributed by atoms with Gasteiger partial charge in [-0.25, -0.2) is 9.80 Å². The monoisotopic (exact) mass is 448 g/mol. The summed E-state index contributed by atoms with van der Waals surface area (Å²) < 4.78 is 6.92. The number of ether oxygens (including phenoxy) is 1. The molecule has 0 aliphatic rings. The molecule has 0 unspecified atom stereocenters. The van der Waals surface area contributed by atoms with Gasteiger partial charge >= 0.3 is 6.09 Å². The Morgan fingerprint density at radius 1 is 1.12 bits per heavy atom. The molecule has 0 spiro atoms. The number of nitrogens with one attached hydrogen (secondary N) is 1. The van der Waals surface area contributed by atoms with Crippen molar-refractivity contribution in [3.05, 3.63) is 72.2 Å². The van der Waals surface area contributed by atoms with Crippen molar-refractivity contribution < 1.29 is 19.1 Å². The van der Waals surface area contributed by atoms with E-state index < -0.39 is 23.5 Å². The second kappa shape index (κ2) is 9.68. The normalized spacial score (nSPS) is 11.7. The highest BCUT2D eigenvalue weighted by Gasteiger charge is 2.21. The van der Waals surface area contributed by atoms with Gasteiger partial charge in [0.05, 0.1) is 11.1 Å². The van der Waals surface area contributed by atoms with Crippen molar-refractivity contribution >= 4 is 34.9 Å². The molecule has 1 N–H and O–H groups in total. The molecule has 0 atom stereocenters. The highest BCUT2D eigenvalue weighted by Crippen LogP contribution is 2.24. The lowest BCUT2D eigenvalue weighted by molar-refractivity contribution is -0.130. The van der Waals surface area contributed by atoms with Crippen LogP contribution in [0.4, 0.5) is 4.79 Å². The van der Waals surface area contributed by atoms with Gasteiger partial charge in [-0.15, -0.1) is 0 Å². The number of aromatic nitrogens is 2. The lowest BCUT2D eigenvalue weighted by Gasteiger charge is -2.25. The minimum absolute atomic E-state index is 0.286. The van der Waals surface area contributed by atoms with Crippen LogP contribution in [0.1, 0.15) is 50.5 Å². The molecule has 2 aromatic heterocycles. The lowest BCUT2D eigenvalue weighted by atomic mass is 10.1. The lowest BCUT2D eigenvalue weighted by Crippen LogP contribution is -2.49. The van der Waals surface area contributed by atoms with Crippen LogP contribution >= 0.6 is 0 Å². The van der Waals surface area contributed by atoms with Crippen molar-refractivity contribution in [1.82, 2.24) is 20.0 Å². The maximum absolute atomic E-state index is 12.9. The third-order valence-electron chi connectivity index (χ3n) is 4.64. The molecule has 8 nitrogen and oxygen atoms in total. The average molecular weight is 449 g/mol. The maximum atomic E-state index is 12.9. The van der Waals surface area contributed by atoms with Gasteiger partial charge < -0.3 is 4.74 Å². The topological polar surface area (TPSA) is 93.5 Å². The van der Waals surface area contributed by atoms with Crippen molar-refractivity contribution in [1.29, 1.82) is 0 Å². The number of hydrogen-bond acceptors (Lipinski definition) is 5. The summed E-state index contributed by atoms with van der Waals surface area (Å²) in [5.41, 5.74) is 3.68. The molecule has 0 saturated heterocycles. The highest BCUT2D eigenvalue weighted by molar-refractivity contribution is 6.00. The number of hydrazine groups is 1. The minimum Gasteiger partial charge on any atom is -0.443 e. The molecule has 33 heavy (non-hydrogen) atoms. The summed E-state index contributed by atoms with van der Waals surface area (Å²) in [6.07, 6.45) is 7.12. The summed E-state index contributed by atoms with van der Waals surface area (Å²) in [5, 5.41) is 2.04. The van der Waals surface area contributed by atoms with Gasteiger partial charge in [0.25, 0.3) is 11.8 Å². The fraction of sp³-hybridized carbons (Fsp3) is 0.280. The van der Waals surface area contributed by atoms with Crippen LogP contribution < -0.4 is 5.43 Å². The molecule has 0 saturated carbocycles. The summed E-state index contributed by atoms with van der Waals surface area (Å²) in [5.74, 6) is -0.837. The summed E-state index contributed by atoms with van der Waals surface area (Å²) >= 11 is 0. The van der Waals surface area contributed by atoms with E-state index in [9.17, 15) is 14.4 Å². The van der Waals surface area contributed by atoms with Crippen LogP contribution in [0.2, 0.25) is 0 Å². The number of hydrogen-bond donors (Lipinski definition) is 1. The first-order valence-corrected chi connectivity index (χ1v) is 10.6. The van der Waals surface area contributed by atoms with E-state index in [1.54, 1.807) is 65.2 Å². The predicted octanol–water partition coefficient (Wildman–Crippen LogP) is 4.41. The first-order valence-electron chi connectivity index (χ1n) is 10.6. The smallest absolute Gasteiger partial charge is 0.419 e. The molecular weight excluding hydrogens is 420 g/mol. The molecule has 0 radical (unpaired) electrons. The van der Waals surface area contributed by atoms with E-state index in [1.807, 2.05) is 24.3 Å². The Balaban J connectivity index is 1.85. The zero-order chi connectivity index (χ0) is 24.2. The largest absolute Gasteiger partial charge is 0.443 e. The molecule has 8 heteroatoms. The van der Waals surface area contributed by atoms with Gasteiger partial charge in [0.15, 0.2) is 0 Å². The summed E-state index contributed by atoms with van der Waals surface area (Å²) in [6.45, 7) is 9.00. The van der Waals surface area contributed by atoms with Crippen LogP contribution in [0.5, 0.6) is 0 Å². The maximum Gasteiger partial charge on any atom is 0.419 e. The van der Waals surface area contributed by atoms with Gasteiger partial charge in [-0.3, -0.25) is 24.6 Å². The van der Waals surface area contributed by atoms with Gasteiger partial charge in [0.2, 0.25) is 0 Å². The van der Waals surface area contributed by atoms with Gasteiger partial charge in [-0.05, 0) is 58.9 Å². The van der Waals surface area contributed by atoms with E-state index in [1.165, 1.54) is 21.8 Å². The van der Waals surface area contributed by atoms with E-state index in [-0.39, 0.29) is 6.04 Å². The molecule has 2 heterocycles. The Labute approximate surface area is 192 Å². The molecule has 0 aliphatic heterocycles. The predicted molar refractivity (Wildman–Crippen MR) is 126 cm³/mol. The molecule has 172 valence electrons. The summed E-state index contributed by atoms with van der Waals surface area (Å²) in [7, 11) is 0. The number of fused-ring (bicyclic) bond motifs is 1. The zero-order valence-corrected chi connectivity index (χ0v) is 19.4. The van der Waals surface area contributed by atoms with Crippen LogP contribution in [-0.2, 0) is 9.53 Å². The number of para-hydroxylation sites is 1. The second-order valence-corrected chi connectivity index (χ2v) is 8.77. The third-order valence-corrected chi connectivity index (χ3v) is 4.64. The fourth-order valence-electron chi connectivity index (χ4n) is 3.15. The summed E-state index contributed by atoms with van der Waals surface area (Å²) in [4.78, 5) is 42.0. The van der Waals surface area contributed by atoms with Crippen LogP contribution in [0.15, 0.2) is 61.1 Å². The third kappa shape index (κ3) is 5.85. The Morgan fingerprint density at radius 3 is 2.48 bits per heavy atom. The Bertz CT molecular complexity index is 1190. The van der Waals surface area contributed by atoms with Crippen molar-refractivity contribution in [2.45, 2.75) is 46.3 Å². The average Bonchev–Trinajstić information content (AvgIpc) is 3.14. The fourth-order valence-corrected chi connectivity index (χ4v) is 3.15. The number of pyridine rings is 1. The quantitative estimate of drug-likeness (QED) is 0.471. The van der Waals surface area contributed by atoms with Crippen LogP contribution in [0.3, 0.4) is 0 Å². The van der Waals surface area contributed by atoms with E-state index in [4.69, 9.17) is 4.74 Å². The van der Waals surface area contributed by atoms with Crippen LogP contribution in [0, 0.1) is 0 Å². The van der Waals surface area contributed by atoms with Gasteiger partial charge in [-0.1, -0.05) is 18.2 Å². The molecule has 2 amide bonds. The van der Waals surface area contributed by atoms with Crippen molar-refractivity contribution in [3.8, 4) is 0 Å². The Morgan fingerprint density at radius 2 is 1.85 bits per heavy atom. The van der Waals surface area contributed by atoms with E-state index in [2.05, 4.69) is 10.4 Å². The summed E-state index contributed by atoms with van der Waals surface area (Å²) in [6, 6.07) is 10.3. The van der Waals surface area contributed by atoms with Crippen molar-refractivity contribution in [2.75, 3.05) is 0 Å². The molecular formula is C25H28N4O4. The van der Waals surface area contributed by atoms with Crippen molar-refractivity contribution in [3.63, 3.8) is 0 Å². The van der Waals surface area contributed by atoms with E-state index in [0.29, 0.717) is 16.6 Å².